The summed E-state index contributed by atoms with van der Waals surface area (Å²) in [7, 11) is 0. The molecule has 9 heteroatoms. The van der Waals surface area contributed by atoms with Crippen molar-refractivity contribution in [2.75, 3.05) is 18.8 Å². The molecule has 2 bridgehead atoms. The molecule has 0 spiro atoms. The Morgan fingerprint density at radius 3 is 2.83 bits per heavy atom. The van der Waals surface area contributed by atoms with Crippen LogP contribution in [0.4, 0.5) is 5.82 Å². The summed E-state index contributed by atoms with van der Waals surface area (Å²) in [5.74, 6) is 3.17. The van der Waals surface area contributed by atoms with Crippen molar-refractivity contribution >= 4 is 5.82 Å². The van der Waals surface area contributed by atoms with Crippen LogP contribution in [0.15, 0.2) is 33.8 Å². The van der Waals surface area contributed by atoms with E-state index in [1.54, 1.807) is 12.1 Å². The second-order valence-corrected chi connectivity index (χ2v) is 8.76. The standard InChI is InChI=1S/C21H23N7O2/c22-18-6-16(23-11-24-18)14-4-17-15-3-12(8-28(17)20(29)5-14)7-27(9-15)10-19-25-21(26-30-19)13-1-2-13/h4-6,11-13,15H,1-3,7-10H2,(H2,22,23,24)/t12-,15+/m0/s1. The van der Waals surface area contributed by atoms with Gasteiger partial charge in [-0.15, -0.1) is 0 Å². The molecule has 2 aliphatic heterocycles. The smallest absolute Gasteiger partial charge is 0.251 e. The van der Waals surface area contributed by atoms with Crippen LogP contribution in [0.3, 0.4) is 0 Å². The molecule has 1 saturated carbocycles. The Bertz CT molecular complexity index is 1170. The minimum Gasteiger partial charge on any atom is -0.384 e. The van der Waals surface area contributed by atoms with E-state index in [1.165, 1.54) is 19.2 Å². The number of likely N-dealkylation sites (tertiary alicyclic amines) is 1. The molecule has 0 aromatic carbocycles. The van der Waals surface area contributed by atoms with E-state index in [9.17, 15) is 4.79 Å². The Balaban J connectivity index is 1.28. The molecule has 2 atom stereocenters. The molecule has 1 aliphatic carbocycles. The van der Waals surface area contributed by atoms with Gasteiger partial charge in [0.2, 0.25) is 5.89 Å². The summed E-state index contributed by atoms with van der Waals surface area (Å²) in [6.45, 7) is 3.21. The van der Waals surface area contributed by atoms with E-state index in [-0.39, 0.29) is 11.5 Å². The van der Waals surface area contributed by atoms with Crippen molar-refractivity contribution < 1.29 is 4.52 Å². The van der Waals surface area contributed by atoms with E-state index in [4.69, 9.17) is 10.3 Å². The lowest BCUT2D eigenvalue weighted by Gasteiger charge is -2.42. The molecule has 0 amide bonds. The number of piperidine rings is 1. The maximum Gasteiger partial charge on any atom is 0.251 e. The Morgan fingerprint density at radius 2 is 2.00 bits per heavy atom. The van der Waals surface area contributed by atoms with Crippen molar-refractivity contribution in [1.29, 1.82) is 0 Å². The molecule has 2 N–H and O–H groups in total. The molecular formula is C21H23N7O2. The van der Waals surface area contributed by atoms with Crippen LogP contribution in [-0.4, -0.2) is 42.7 Å². The van der Waals surface area contributed by atoms with Crippen LogP contribution >= 0.6 is 0 Å². The van der Waals surface area contributed by atoms with Gasteiger partial charge in [-0.05, 0) is 31.2 Å². The predicted octanol–water partition coefficient (Wildman–Crippen LogP) is 1.77. The second-order valence-electron chi connectivity index (χ2n) is 8.76. The Kier molecular flexibility index (Phi) is 3.98. The summed E-state index contributed by atoms with van der Waals surface area (Å²) in [6, 6.07) is 5.45. The monoisotopic (exact) mass is 405 g/mol. The summed E-state index contributed by atoms with van der Waals surface area (Å²) in [5.41, 5.74) is 8.37. The molecule has 30 heavy (non-hydrogen) atoms. The number of hydrogen-bond donors (Lipinski definition) is 1. The Hall–Kier alpha value is -3.07. The molecule has 0 unspecified atom stereocenters. The van der Waals surface area contributed by atoms with Gasteiger partial charge in [-0.2, -0.15) is 4.98 Å². The van der Waals surface area contributed by atoms with Gasteiger partial charge in [0.1, 0.15) is 12.1 Å². The van der Waals surface area contributed by atoms with E-state index in [1.807, 2.05) is 4.57 Å². The Morgan fingerprint density at radius 1 is 1.10 bits per heavy atom. The topological polar surface area (TPSA) is 116 Å². The molecule has 154 valence electrons. The summed E-state index contributed by atoms with van der Waals surface area (Å²) < 4.78 is 7.42. The molecule has 3 aromatic heterocycles. The van der Waals surface area contributed by atoms with Crippen LogP contribution in [-0.2, 0) is 13.1 Å². The summed E-state index contributed by atoms with van der Waals surface area (Å²) >= 11 is 0. The molecular weight excluding hydrogens is 382 g/mol. The number of nitrogens with zero attached hydrogens (tertiary/aromatic N) is 6. The summed E-state index contributed by atoms with van der Waals surface area (Å²) in [6.07, 6.45) is 4.85. The largest absolute Gasteiger partial charge is 0.384 e. The number of aromatic nitrogens is 5. The lowest BCUT2D eigenvalue weighted by Crippen LogP contribution is -2.46. The molecule has 3 aliphatic rings. The maximum absolute atomic E-state index is 12.9. The highest BCUT2D eigenvalue weighted by Gasteiger charge is 2.36. The van der Waals surface area contributed by atoms with Crippen LogP contribution < -0.4 is 11.3 Å². The number of anilines is 1. The number of rotatable bonds is 4. The van der Waals surface area contributed by atoms with Crippen molar-refractivity contribution in [1.82, 2.24) is 29.6 Å². The first-order chi connectivity index (χ1) is 14.6. The van der Waals surface area contributed by atoms with Crippen LogP contribution in [0.1, 0.15) is 48.5 Å². The van der Waals surface area contributed by atoms with Gasteiger partial charge in [0.05, 0.1) is 12.2 Å². The third-order valence-electron chi connectivity index (χ3n) is 6.40. The number of hydrogen-bond acceptors (Lipinski definition) is 8. The van der Waals surface area contributed by atoms with Crippen molar-refractivity contribution in [2.45, 2.75) is 44.2 Å². The fraction of sp³-hybridized carbons (Fsp3) is 0.476. The molecule has 1 saturated heterocycles. The van der Waals surface area contributed by atoms with Crippen molar-refractivity contribution in [3.8, 4) is 11.3 Å². The quantitative estimate of drug-likeness (QED) is 0.698. The van der Waals surface area contributed by atoms with Crippen molar-refractivity contribution in [3.63, 3.8) is 0 Å². The number of nitrogens with two attached hydrogens (primary N) is 1. The van der Waals surface area contributed by atoms with Crippen LogP contribution in [0.5, 0.6) is 0 Å². The van der Waals surface area contributed by atoms with Gasteiger partial charge in [0.15, 0.2) is 5.82 Å². The zero-order chi connectivity index (χ0) is 20.2. The highest BCUT2D eigenvalue weighted by Crippen LogP contribution is 2.39. The summed E-state index contributed by atoms with van der Waals surface area (Å²) in [5, 5.41) is 4.14. The average molecular weight is 405 g/mol. The van der Waals surface area contributed by atoms with Crippen LogP contribution in [0, 0.1) is 5.92 Å². The highest BCUT2D eigenvalue weighted by atomic mass is 16.5. The van der Waals surface area contributed by atoms with E-state index in [2.05, 4.69) is 31.1 Å². The Labute approximate surface area is 172 Å². The SMILES string of the molecule is Nc1cc(-c2cc3n(c(=O)c2)C[C@H]2C[C@@H]3CN(Cc3nc(C4CC4)no3)C2)ncn1. The van der Waals surface area contributed by atoms with Crippen molar-refractivity contribution in [2.24, 2.45) is 5.92 Å². The van der Waals surface area contributed by atoms with Crippen LogP contribution in [0.2, 0.25) is 0 Å². The molecule has 2 fully saturated rings. The maximum atomic E-state index is 12.9. The lowest BCUT2D eigenvalue weighted by molar-refractivity contribution is 0.104. The fourth-order valence-corrected chi connectivity index (χ4v) is 4.90. The second kappa shape index (κ2) is 6.73. The first-order valence-electron chi connectivity index (χ1n) is 10.5. The van der Waals surface area contributed by atoms with E-state index >= 15 is 0 Å². The van der Waals surface area contributed by atoms with Gasteiger partial charge >= 0.3 is 0 Å². The minimum atomic E-state index is 0.0220. The fourth-order valence-electron chi connectivity index (χ4n) is 4.90. The molecule has 3 aromatic rings. The third kappa shape index (κ3) is 3.19. The average Bonchev–Trinajstić information content (AvgIpc) is 3.48. The zero-order valence-corrected chi connectivity index (χ0v) is 16.6. The van der Waals surface area contributed by atoms with E-state index in [0.29, 0.717) is 35.8 Å². The minimum absolute atomic E-state index is 0.0220. The number of pyridine rings is 1. The molecule has 0 radical (unpaired) electrons. The molecule has 5 heterocycles. The number of nitrogen functional groups attached to an aromatic ring is 1. The highest BCUT2D eigenvalue weighted by molar-refractivity contribution is 5.61. The van der Waals surface area contributed by atoms with Gasteiger partial charge in [0.25, 0.3) is 5.56 Å². The lowest BCUT2D eigenvalue weighted by atomic mass is 9.82. The predicted molar refractivity (Wildman–Crippen MR) is 109 cm³/mol. The van der Waals surface area contributed by atoms with E-state index < -0.39 is 0 Å². The van der Waals surface area contributed by atoms with Gasteiger partial charge in [-0.3, -0.25) is 9.69 Å². The number of fused-ring (bicyclic) bond motifs is 4. The normalized spacial score (nSPS) is 23.3. The first-order valence-corrected chi connectivity index (χ1v) is 10.5. The van der Waals surface area contributed by atoms with Crippen LogP contribution in [0.25, 0.3) is 11.3 Å². The summed E-state index contributed by atoms with van der Waals surface area (Å²) in [4.78, 5) is 28.1. The van der Waals surface area contributed by atoms with Crippen molar-refractivity contribution in [3.05, 3.63) is 52.3 Å². The van der Waals surface area contributed by atoms with Gasteiger partial charge in [-0.25, -0.2) is 9.97 Å². The molecule has 6 rings (SSSR count). The van der Waals surface area contributed by atoms with Gasteiger partial charge in [0, 0.05) is 54.9 Å². The van der Waals surface area contributed by atoms with Gasteiger partial charge in [-0.1, -0.05) is 5.16 Å². The zero-order valence-electron chi connectivity index (χ0n) is 16.6. The van der Waals surface area contributed by atoms with Gasteiger partial charge < -0.3 is 14.8 Å². The van der Waals surface area contributed by atoms with E-state index in [0.717, 1.165) is 43.1 Å². The third-order valence-corrected chi connectivity index (χ3v) is 6.40. The first kappa shape index (κ1) is 17.8. The molecule has 9 nitrogen and oxygen atoms in total.